The number of hydrogen-bond donors (Lipinski definition) is 1. The van der Waals surface area contributed by atoms with Crippen molar-refractivity contribution in [1.82, 2.24) is 0 Å². The summed E-state index contributed by atoms with van der Waals surface area (Å²) in [4.78, 5) is 9.82. The molecule has 0 aromatic rings. The topological polar surface area (TPSA) is 69.6 Å². The van der Waals surface area contributed by atoms with Gasteiger partial charge in [0.1, 0.15) is 0 Å². The lowest BCUT2D eigenvalue weighted by Crippen LogP contribution is -2.36. The second-order valence-electron chi connectivity index (χ2n) is 1.93. The standard InChI is InChI=1S/C5H10O4/c1-5(8,9-2)3-4(6)7/h8H,3H2,1-2H3,(H,6,7)/p-1. The Morgan fingerprint density at radius 3 is 2.44 bits per heavy atom. The Bertz CT molecular complexity index is 108. The van der Waals surface area contributed by atoms with Crippen molar-refractivity contribution in [3.05, 3.63) is 0 Å². The molecule has 0 aliphatic heterocycles. The maximum atomic E-state index is 9.82. The lowest BCUT2D eigenvalue weighted by molar-refractivity contribution is -0.315. The Morgan fingerprint density at radius 2 is 2.33 bits per heavy atom. The molecular weight excluding hydrogens is 124 g/mol. The zero-order valence-electron chi connectivity index (χ0n) is 5.38. The first-order valence-electron chi connectivity index (χ1n) is 2.45. The summed E-state index contributed by atoms with van der Waals surface area (Å²) in [5.74, 6) is -2.93. The lowest BCUT2D eigenvalue weighted by atomic mass is 10.2. The molecule has 4 heteroatoms. The first-order chi connectivity index (χ1) is 3.98. The van der Waals surface area contributed by atoms with Crippen LogP contribution in [0.2, 0.25) is 0 Å². The van der Waals surface area contributed by atoms with Gasteiger partial charge < -0.3 is 19.7 Å². The molecule has 0 heterocycles. The van der Waals surface area contributed by atoms with Crippen LogP contribution in [0.3, 0.4) is 0 Å². The molecule has 0 rings (SSSR count). The van der Waals surface area contributed by atoms with Crippen LogP contribution < -0.4 is 5.11 Å². The van der Waals surface area contributed by atoms with Gasteiger partial charge in [-0.3, -0.25) is 0 Å². The van der Waals surface area contributed by atoms with Gasteiger partial charge in [-0.25, -0.2) is 0 Å². The molecule has 4 nitrogen and oxygen atoms in total. The van der Waals surface area contributed by atoms with E-state index in [0.29, 0.717) is 0 Å². The Hall–Kier alpha value is -0.610. The summed E-state index contributed by atoms with van der Waals surface area (Å²) in [5, 5.41) is 18.7. The third-order valence-corrected chi connectivity index (χ3v) is 0.912. The van der Waals surface area contributed by atoms with Crippen molar-refractivity contribution < 1.29 is 19.7 Å². The minimum atomic E-state index is -1.60. The van der Waals surface area contributed by atoms with Gasteiger partial charge in [0.25, 0.3) is 0 Å². The predicted molar refractivity (Wildman–Crippen MR) is 27.3 cm³/mol. The van der Waals surface area contributed by atoms with Gasteiger partial charge >= 0.3 is 0 Å². The largest absolute Gasteiger partial charge is 0.550 e. The number of methoxy groups -OCH3 is 1. The van der Waals surface area contributed by atoms with E-state index in [9.17, 15) is 9.90 Å². The molecule has 0 aromatic heterocycles. The quantitative estimate of drug-likeness (QED) is 0.475. The molecule has 1 N–H and O–H groups in total. The van der Waals surface area contributed by atoms with Crippen molar-refractivity contribution >= 4 is 5.97 Å². The van der Waals surface area contributed by atoms with E-state index in [1.165, 1.54) is 14.0 Å². The fraction of sp³-hybridized carbons (Fsp3) is 0.800. The maximum absolute atomic E-state index is 9.82. The Kier molecular flexibility index (Phi) is 2.61. The second-order valence-corrected chi connectivity index (χ2v) is 1.93. The van der Waals surface area contributed by atoms with Gasteiger partial charge in [0, 0.05) is 19.5 Å². The predicted octanol–water partition coefficient (Wildman–Crippen LogP) is -1.52. The highest BCUT2D eigenvalue weighted by molar-refractivity contribution is 5.65. The van der Waals surface area contributed by atoms with E-state index in [2.05, 4.69) is 4.74 Å². The SMILES string of the molecule is COC(C)(O)CC(=O)[O-]. The third kappa shape index (κ3) is 3.93. The van der Waals surface area contributed by atoms with Crippen LogP contribution in [0.4, 0.5) is 0 Å². The van der Waals surface area contributed by atoms with Crippen molar-refractivity contribution in [1.29, 1.82) is 0 Å². The highest BCUT2D eigenvalue weighted by atomic mass is 16.6. The normalized spacial score (nSPS) is 16.8. The highest BCUT2D eigenvalue weighted by Gasteiger charge is 2.18. The van der Waals surface area contributed by atoms with Crippen LogP contribution in [0, 0.1) is 0 Å². The Morgan fingerprint density at radius 1 is 1.89 bits per heavy atom. The first kappa shape index (κ1) is 8.39. The number of hydrogen-bond acceptors (Lipinski definition) is 4. The number of carbonyl (C=O) groups excluding carboxylic acids is 1. The molecule has 0 bridgehead atoms. The fourth-order valence-corrected chi connectivity index (χ4v) is 0.340. The smallest absolute Gasteiger partial charge is 0.167 e. The van der Waals surface area contributed by atoms with Gasteiger partial charge in [0.2, 0.25) is 0 Å². The van der Waals surface area contributed by atoms with Crippen LogP contribution in [0.15, 0.2) is 0 Å². The van der Waals surface area contributed by atoms with Gasteiger partial charge in [-0.2, -0.15) is 0 Å². The van der Waals surface area contributed by atoms with Gasteiger partial charge in [-0.05, 0) is 6.92 Å². The summed E-state index contributed by atoms with van der Waals surface area (Å²) < 4.78 is 4.38. The van der Waals surface area contributed by atoms with Crippen molar-refractivity contribution in [3.63, 3.8) is 0 Å². The van der Waals surface area contributed by atoms with Gasteiger partial charge in [0.15, 0.2) is 5.79 Å². The molecule has 0 amide bonds. The van der Waals surface area contributed by atoms with Crippen molar-refractivity contribution in [2.45, 2.75) is 19.1 Å². The molecule has 9 heavy (non-hydrogen) atoms. The zero-order chi connectivity index (χ0) is 7.49. The van der Waals surface area contributed by atoms with Gasteiger partial charge in [-0.15, -0.1) is 0 Å². The monoisotopic (exact) mass is 133 g/mol. The second kappa shape index (κ2) is 2.80. The molecule has 0 saturated heterocycles. The van der Waals surface area contributed by atoms with E-state index in [0.717, 1.165) is 0 Å². The number of aliphatic hydroxyl groups is 1. The lowest BCUT2D eigenvalue weighted by Gasteiger charge is -2.20. The number of ether oxygens (including phenoxy) is 1. The summed E-state index contributed by atoms with van der Waals surface area (Å²) in [6.07, 6.45) is -0.510. The fourth-order valence-electron chi connectivity index (χ4n) is 0.340. The van der Waals surface area contributed by atoms with E-state index in [4.69, 9.17) is 5.11 Å². The molecule has 0 fully saturated rings. The van der Waals surface area contributed by atoms with Crippen LogP contribution in [-0.2, 0) is 9.53 Å². The molecule has 0 aliphatic rings. The number of rotatable bonds is 3. The van der Waals surface area contributed by atoms with E-state index < -0.39 is 18.2 Å². The highest BCUT2D eigenvalue weighted by Crippen LogP contribution is 2.07. The van der Waals surface area contributed by atoms with Crippen molar-refractivity contribution in [2.24, 2.45) is 0 Å². The Balaban J connectivity index is 3.71. The molecular formula is C5H9O4-. The van der Waals surface area contributed by atoms with Gasteiger partial charge in [0.05, 0.1) is 0 Å². The van der Waals surface area contributed by atoms with Crippen molar-refractivity contribution in [3.8, 4) is 0 Å². The molecule has 0 aliphatic carbocycles. The first-order valence-corrected chi connectivity index (χ1v) is 2.45. The van der Waals surface area contributed by atoms with E-state index in [-0.39, 0.29) is 0 Å². The summed E-state index contributed by atoms with van der Waals surface area (Å²) in [6.45, 7) is 1.25. The van der Waals surface area contributed by atoms with E-state index in [1.54, 1.807) is 0 Å². The van der Waals surface area contributed by atoms with Crippen LogP contribution in [-0.4, -0.2) is 24.0 Å². The average molecular weight is 133 g/mol. The summed E-state index contributed by atoms with van der Waals surface area (Å²) in [5.41, 5.74) is 0. The molecule has 1 atom stereocenters. The summed E-state index contributed by atoms with van der Waals surface area (Å²) in [6, 6.07) is 0. The van der Waals surface area contributed by atoms with Crippen LogP contribution in [0.25, 0.3) is 0 Å². The maximum Gasteiger partial charge on any atom is 0.167 e. The van der Waals surface area contributed by atoms with Crippen molar-refractivity contribution in [2.75, 3.05) is 7.11 Å². The Labute approximate surface area is 53.1 Å². The van der Waals surface area contributed by atoms with E-state index in [1.807, 2.05) is 0 Å². The number of aliphatic carboxylic acids is 1. The molecule has 1 unspecified atom stereocenters. The van der Waals surface area contributed by atoms with Crippen LogP contribution >= 0.6 is 0 Å². The van der Waals surface area contributed by atoms with Crippen LogP contribution in [0.1, 0.15) is 13.3 Å². The molecule has 0 saturated carbocycles. The molecule has 54 valence electrons. The van der Waals surface area contributed by atoms with E-state index >= 15 is 0 Å². The van der Waals surface area contributed by atoms with Gasteiger partial charge in [-0.1, -0.05) is 0 Å². The third-order valence-electron chi connectivity index (χ3n) is 0.912. The zero-order valence-corrected chi connectivity index (χ0v) is 5.38. The summed E-state index contributed by atoms with van der Waals surface area (Å²) >= 11 is 0. The number of carbonyl (C=O) groups is 1. The molecule has 0 aromatic carbocycles. The minimum Gasteiger partial charge on any atom is -0.550 e. The minimum absolute atomic E-state index is 0.510. The van der Waals surface area contributed by atoms with Crippen LogP contribution in [0.5, 0.6) is 0 Å². The number of carboxylic acid groups (broad SMARTS) is 1. The summed E-state index contributed by atoms with van der Waals surface area (Å²) in [7, 11) is 1.23. The molecule has 0 radical (unpaired) electrons. The molecule has 0 spiro atoms. The number of carboxylic acids is 1. The average Bonchev–Trinajstić information content (AvgIpc) is 1.63.